The minimum absolute atomic E-state index is 0.119. The van der Waals surface area contributed by atoms with Crippen molar-refractivity contribution in [2.45, 2.75) is 34.5 Å². The molecule has 0 unspecified atom stereocenters. The van der Waals surface area contributed by atoms with Crippen molar-refractivity contribution >= 4 is 50.4 Å². The molecule has 56 heavy (non-hydrogen) atoms. The van der Waals surface area contributed by atoms with Crippen molar-refractivity contribution < 1.29 is 0 Å². The fourth-order valence-corrected chi connectivity index (χ4v) is 11.6. The highest BCUT2D eigenvalue weighted by molar-refractivity contribution is 7.99. The van der Waals surface area contributed by atoms with Gasteiger partial charge in [0, 0.05) is 32.3 Å². The van der Waals surface area contributed by atoms with Gasteiger partial charge in [-0.3, -0.25) is 0 Å². The zero-order valence-electron chi connectivity index (χ0n) is 31.3. The maximum Gasteiger partial charge on any atom is 0.0736 e. The van der Waals surface area contributed by atoms with Crippen molar-refractivity contribution in [1.82, 2.24) is 0 Å². The van der Waals surface area contributed by atoms with Crippen LogP contribution in [0.15, 0.2) is 198 Å². The summed E-state index contributed by atoms with van der Waals surface area (Å²) < 4.78 is 0. The molecule has 0 fully saturated rings. The lowest BCUT2D eigenvalue weighted by atomic mass is 9.59. The van der Waals surface area contributed by atoms with Crippen molar-refractivity contribution in [1.29, 1.82) is 0 Å². The molecule has 2 heteroatoms. The fourth-order valence-electron chi connectivity index (χ4n) is 10.4. The summed E-state index contributed by atoms with van der Waals surface area (Å²) in [4.78, 5) is 5.12. The van der Waals surface area contributed by atoms with Gasteiger partial charge in [0.05, 0.1) is 5.41 Å². The van der Waals surface area contributed by atoms with E-state index in [-0.39, 0.29) is 5.41 Å². The van der Waals surface area contributed by atoms with Gasteiger partial charge in [-0.25, -0.2) is 0 Å². The quantitative estimate of drug-likeness (QED) is 0.178. The first-order valence-corrected chi connectivity index (χ1v) is 20.4. The topological polar surface area (TPSA) is 3.24 Å². The van der Waals surface area contributed by atoms with Gasteiger partial charge in [0.25, 0.3) is 0 Å². The molecule has 9 aromatic carbocycles. The molecule has 0 atom stereocenters. The first kappa shape index (κ1) is 31.9. The summed E-state index contributed by atoms with van der Waals surface area (Å²) in [6.07, 6.45) is 0. The second kappa shape index (κ2) is 11.6. The van der Waals surface area contributed by atoms with Gasteiger partial charge in [0.2, 0.25) is 0 Å². The van der Waals surface area contributed by atoms with Gasteiger partial charge in [-0.2, -0.15) is 0 Å². The fraction of sp³-hybridized carbons (Fsp3) is 0.0741. The molecule has 12 rings (SSSR count). The third kappa shape index (κ3) is 4.23. The third-order valence-corrected chi connectivity index (χ3v) is 14.0. The molecule has 1 nitrogen and oxygen atoms in total. The Kier molecular flexibility index (Phi) is 6.61. The number of benzene rings is 9. The molecular formula is C54H37NS. The molecule has 0 radical (unpaired) electrons. The molecule has 9 aromatic rings. The Bertz CT molecular complexity index is 3060. The Morgan fingerprint density at radius 2 is 0.857 bits per heavy atom. The van der Waals surface area contributed by atoms with E-state index in [0.29, 0.717) is 0 Å². The minimum atomic E-state index is -0.520. The normalized spacial score (nSPS) is 14.8. The van der Waals surface area contributed by atoms with Crippen LogP contribution in [0.1, 0.15) is 47.2 Å². The van der Waals surface area contributed by atoms with Crippen LogP contribution in [0.2, 0.25) is 0 Å². The second-order valence-electron chi connectivity index (χ2n) is 16.1. The summed E-state index contributed by atoms with van der Waals surface area (Å²) >= 11 is 1.90. The van der Waals surface area contributed by atoms with Gasteiger partial charge in [-0.15, -0.1) is 0 Å². The van der Waals surface area contributed by atoms with Crippen LogP contribution in [0, 0.1) is 0 Å². The number of hydrogen-bond donors (Lipinski definition) is 0. The van der Waals surface area contributed by atoms with Gasteiger partial charge in [0.1, 0.15) is 0 Å². The lowest BCUT2D eigenvalue weighted by molar-refractivity contribution is 0.660. The van der Waals surface area contributed by atoms with E-state index in [1.165, 1.54) is 87.0 Å². The standard InChI is InChI=1S/C54H37NS/c1-53(2)44-19-6-5-17-40(44)41-29-27-38(32-48(41)53)55(37-26-25-34-13-3-4-14-36(34)31-37)39-28-30-42-43-18-11-15-35-16-12-22-47(52(35)43)54(49(42)33-39)45-20-7-9-23-50(45)56-51-24-10-8-21-46(51)54/h3-33H,1-2H3. The van der Waals surface area contributed by atoms with Crippen LogP contribution in [0.3, 0.4) is 0 Å². The Labute approximate surface area is 331 Å². The van der Waals surface area contributed by atoms with Crippen LogP contribution < -0.4 is 4.90 Å². The number of anilines is 3. The average Bonchev–Trinajstić information content (AvgIpc) is 3.47. The van der Waals surface area contributed by atoms with E-state index in [4.69, 9.17) is 0 Å². The maximum atomic E-state index is 2.52. The number of hydrogen-bond acceptors (Lipinski definition) is 2. The lowest BCUT2D eigenvalue weighted by Crippen LogP contribution is -2.36. The van der Waals surface area contributed by atoms with Gasteiger partial charge < -0.3 is 4.90 Å². The van der Waals surface area contributed by atoms with Crippen LogP contribution in [-0.4, -0.2) is 0 Å². The van der Waals surface area contributed by atoms with Crippen LogP contribution in [-0.2, 0) is 10.8 Å². The van der Waals surface area contributed by atoms with Crippen molar-refractivity contribution in [3.8, 4) is 22.3 Å². The summed E-state index contributed by atoms with van der Waals surface area (Å²) in [7, 11) is 0. The molecule has 264 valence electrons. The van der Waals surface area contributed by atoms with Crippen molar-refractivity contribution in [2.75, 3.05) is 4.90 Å². The molecule has 3 aliphatic rings. The van der Waals surface area contributed by atoms with Crippen LogP contribution in [0.4, 0.5) is 17.1 Å². The number of nitrogens with zero attached hydrogens (tertiary/aromatic N) is 1. The molecular weight excluding hydrogens is 695 g/mol. The maximum absolute atomic E-state index is 2.52. The van der Waals surface area contributed by atoms with Crippen molar-refractivity contribution in [3.63, 3.8) is 0 Å². The molecule has 0 bridgehead atoms. The molecule has 0 amide bonds. The Hall–Kier alpha value is -6.35. The molecule has 0 N–H and O–H groups in total. The molecule has 1 heterocycles. The Morgan fingerprint density at radius 3 is 1.61 bits per heavy atom. The third-order valence-electron chi connectivity index (χ3n) is 12.9. The van der Waals surface area contributed by atoms with Crippen LogP contribution in [0.5, 0.6) is 0 Å². The summed E-state index contributed by atoms with van der Waals surface area (Å²) in [6, 6.07) is 71.0. The van der Waals surface area contributed by atoms with E-state index < -0.39 is 5.41 Å². The highest BCUT2D eigenvalue weighted by atomic mass is 32.2. The van der Waals surface area contributed by atoms with E-state index in [1.54, 1.807) is 0 Å². The average molecular weight is 732 g/mol. The molecule has 0 saturated heterocycles. The summed E-state index contributed by atoms with van der Waals surface area (Å²) in [5, 5.41) is 5.09. The first-order chi connectivity index (χ1) is 27.5. The van der Waals surface area contributed by atoms with Crippen LogP contribution in [0.25, 0.3) is 43.8 Å². The van der Waals surface area contributed by atoms with E-state index in [2.05, 4.69) is 207 Å². The SMILES string of the molecule is CC1(C)c2ccccc2-c2ccc(N(c3ccc4c(c3)C3(c5ccccc5Sc5ccccc53)c3cccc5cccc-4c35)c3ccc4ccccc4c3)cc21. The van der Waals surface area contributed by atoms with Gasteiger partial charge in [-0.05, 0) is 126 Å². The smallest absolute Gasteiger partial charge is 0.0736 e. The molecule has 0 aromatic heterocycles. The van der Waals surface area contributed by atoms with Crippen LogP contribution >= 0.6 is 11.8 Å². The van der Waals surface area contributed by atoms with Crippen molar-refractivity contribution in [2.24, 2.45) is 0 Å². The monoisotopic (exact) mass is 731 g/mol. The number of fused-ring (bicyclic) bond motifs is 12. The first-order valence-electron chi connectivity index (χ1n) is 19.6. The van der Waals surface area contributed by atoms with Crippen molar-refractivity contribution in [3.05, 3.63) is 221 Å². The van der Waals surface area contributed by atoms with Gasteiger partial charge in [0.15, 0.2) is 0 Å². The highest BCUT2D eigenvalue weighted by Crippen LogP contribution is 2.62. The molecule has 2 aliphatic carbocycles. The lowest BCUT2D eigenvalue weighted by Gasteiger charge is -2.46. The zero-order valence-corrected chi connectivity index (χ0v) is 32.1. The van der Waals surface area contributed by atoms with E-state index in [0.717, 1.165) is 17.1 Å². The molecule has 1 aliphatic heterocycles. The van der Waals surface area contributed by atoms with E-state index >= 15 is 0 Å². The molecule has 1 spiro atoms. The predicted molar refractivity (Wildman–Crippen MR) is 235 cm³/mol. The Morgan fingerprint density at radius 1 is 0.357 bits per heavy atom. The van der Waals surface area contributed by atoms with Gasteiger partial charge in [-0.1, -0.05) is 165 Å². The zero-order chi connectivity index (χ0) is 37.2. The van der Waals surface area contributed by atoms with Gasteiger partial charge >= 0.3 is 0 Å². The Balaban J connectivity index is 1.17. The number of rotatable bonds is 3. The second-order valence-corrected chi connectivity index (χ2v) is 17.1. The predicted octanol–water partition coefficient (Wildman–Crippen LogP) is 14.6. The van der Waals surface area contributed by atoms with E-state index in [9.17, 15) is 0 Å². The highest BCUT2D eigenvalue weighted by Gasteiger charge is 2.49. The summed E-state index contributed by atoms with van der Waals surface area (Å²) in [6.45, 7) is 4.75. The minimum Gasteiger partial charge on any atom is -0.310 e. The summed E-state index contributed by atoms with van der Waals surface area (Å²) in [5.41, 5.74) is 16.2. The largest absolute Gasteiger partial charge is 0.310 e. The molecule has 0 saturated carbocycles. The summed E-state index contributed by atoms with van der Waals surface area (Å²) in [5.74, 6) is 0. The van der Waals surface area contributed by atoms with E-state index in [1.807, 2.05) is 11.8 Å².